The lowest BCUT2D eigenvalue weighted by Gasteiger charge is -2.34. The Morgan fingerprint density at radius 2 is 1.67 bits per heavy atom. The first kappa shape index (κ1) is 23.3. The normalized spacial score (nSPS) is 14.8. The van der Waals surface area contributed by atoms with Crippen LogP contribution in [0.1, 0.15) is 20.8 Å². The van der Waals surface area contributed by atoms with Crippen LogP contribution in [0.4, 0.5) is 5.69 Å². The third-order valence-electron chi connectivity index (χ3n) is 5.64. The predicted molar refractivity (Wildman–Crippen MR) is 130 cm³/mol. The van der Waals surface area contributed by atoms with Crippen LogP contribution in [0.5, 0.6) is 5.75 Å². The lowest BCUT2D eigenvalue weighted by atomic mass is 10.2. The van der Waals surface area contributed by atoms with Crippen molar-refractivity contribution in [2.75, 3.05) is 38.0 Å². The van der Waals surface area contributed by atoms with Gasteiger partial charge in [0.15, 0.2) is 0 Å². The van der Waals surface area contributed by atoms with Crippen molar-refractivity contribution in [3.05, 3.63) is 76.0 Å². The molecule has 9 heteroatoms. The molecule has 2 heterocycles. The van der Waals surface area contributed by atoms with Gasteiger partial charge in [-0.2, -0.15) is 0 Å². The summed E-state index contributed by atoms with van der Waals surface area (Å²) in [5.41, 5.74) is 2.69. The lowest BCUT2D eigenvalue weighted by Crippen LogP contribution is -2.48. The average molecular weight is 486 g/mol. The molecule has 0 bridgehead atoms. The highest BCUT2D eigenvalue weighted by molar-refractivity contribution is 7.93. The Balaban J connectivity index is 1.39. The smallest absolute Gasteiger partial charge is 0.265 e. The summed E-state index contributed by atoms with van der Waals surface area (Å²) in [5, 5.41) is 1.65. The number of rotatable bonds is 7. The Hall–Kier alpha value is -2.88. The molecule has 0 spiro atoms. The molecule has 1 N–H and O–H groups in total. The van der Waals surface area contributed by atoms with Crippen LogP contribution >= 0.6 is 11.3 Å². The Morgan fingerprint density at radius 1 is 1.00 bits per heavy atom. The van der Waals surface area contributed by atoms with E-state index in [2.05, 4.69) is 9.62 Å². The summed E-state index contributed by atoms with van der Waals surface area (Å²) in [6.07, 6.45) is 0. The highest BCUT2D eigenvalue weighted by Crippen LogP contribution is 2.26. The molecule has 1 saturated heterocycles. The van der Waals surface area contributed by atoms with Gasteiger partial charge in [-0.05, 0) is 48.2 Å². The van der Waals surface area contributed by atoms with E-state index < -0.39 is 10.0 Å². The van der Waals surface area contributed by atoms with Crippen molar-refractivity contribution in [1.82, 2.24) is 9.80 Å². The number of methoxy groups -OCH3 is 1. The van der Waals surface area contributed by atoms with E-state index in [9.17, 15) is 13.2 Å². The van der Waals surface area contributed by atoms with Crippen molar-refractivity contribution in [2.24, 2.45) is 0 Å². The number of benzene rings is 2. The quantitative estimate of drug-likeness (QED) is 0.550. The van der Waals surface area contributed by atoms with E-state index in [1.165, 1.54) is 11.6 Å². The van der Waals surface area contributed by atoms with Gasteiger partial charge in [0.1, 0.15) is 15.5 Å². The number of nitrogens with one attached hydrogen (secondary N) is 1. The SMILES string of the molecule is COc1ccc(CN2CCN(C(=O)c3sccc3S(=O)(=O)Nc3ccc(C)cc3)CC2)cc1. The topological polar surface area (TPSA) is 79.0 Å². The monoisotopic (exact) mass is 485 g/mol. The minimum Gasteiger partial charge on any atom is -0.497 e. The number of nitrogens with zero attached hydrogens (tertiary/aromatic N) is 2. The van der Waals surface area contributed by atoms with Crippen molar-refractivity contribution in [1.29, 1.82) is 0 Å². The Morgan fingerprint density at radius 3 is 2.30 bits per heavy atom. The first-order chi connectivity index (χ1) is 15.9. The summed E-state index contributed by atoms with van der Waals surface area (Å²) in [7, 11) is -2.22. The maximum atomic E-state index is 13.2. The fourth-order valence-corrected chi connectivity index (χ4v) is 6.19. The van der Waals surface area contributed by atoms with Gasteiger partial charge in [0, 0.05) is 38.4 Å². The van der Waals surface area contributed by atoms with E-state index in [-0.39, 0.29) is 15.7 Å². The molecule has 7 nitrogen and oxygen atoms in total. The number of thiophene rings is 1. The summed E-state index contributed by atoms with van der Waals surface area (Å²) < 4.78 is 33.7. The third-order valence-corrected chi connectivity index (χ3v) is 8.10. The van der Waals surface area contributed by atoms with Gasteiger partial charge >= 0.3 is 0 Å². The number of carbonyl (C=O) groups excluding carboxylic acids is 1. The third kappa shape index (κ3) is 5.55. The molecule has 174 valence electrons. The molecule has 3 aromatic rings. The van der Waals surface area contributed by atoms with Gasteiger partial charge in [-0.1, -0.05) is 29.8 Å². The Labute approximate surface area is 198 Å². The van der Waals surface area contributed by atoms with Crippen LogP contribution in [0.15, 0.2) is 64.9 Å². The van der Waals surface area contributed by atoms with E-state index in [4.69, 9.17) is 4.74 Å². The maximum Gasteiger partial charge on any atom is 0.265 e. The van der Waals surface area contributed by atoms with E-state index in [0.717, 1.165) is 42.3 Å². The number of amides is 1. The maximum absolute atomic E-state index is 13.2. The summed E-state index contributed by atoms with van der Waals surface area (Å²) in [6.45, 7) is 5.30. The number of hydrogen-bond acceptors (Lipinski definition) is 6. The lowest BCUT2D eigenvalue weighted by molar-refractivity contribution is 0.0630. The van der Waals surface area contributed by atoms with Gasteiger partial charge in [-0.15, -0.1) is 11.3 Å². The van der Waals surface area contributed by atoms with Gasteiger partial charge in [-0.25, -0.2) is 8.42 Å². The standard InChI is InChI=1S/C24H27N3O4S2/c1-18-3-7-20(8-4-18)25-33(29,30)22-11-16-32-23(22)24(28)27-14-12-26(13-15-27)17-19-5-9-21(31-2)10-6-19/h3-11,16,25H,12-15,17H2,1-2H3. The predicted octanol–water partition coefficient (Wildman–Crippen LogP) is 3.82. The molecule has 1 aromatic heterocycles. The highest BCUT2D eigenvalue weighted by atomic mass is 32.2. The molecule has 33 heavy (non-hydrogen) atoms. The zero-order chi connectivity index (χ0) is 23.4. The molecular formula is C24H27N3O4S2. The van der Waals surface area contributed by atoms with Crippen LogP contribution in [0, 0.1) is 6.92 Å². The van der Waals surface area contributed by atoms with Crippen LogP contribution < -0.4 is 9.46 Å². The second-order valence-corrected chi connectivity index (χ2v) is 10.6. The second-order valence-electron chi connectivity index (χ2n) is 8.00. The van der Waals surface area contributed by atoms with Crippen LogP contribution in [0.3, 0.4) is 0 Å². The average Bonchev–Trinajstić information content (AvgIpc) is 3.32. The zero-order valence-corrected chi connectivity index (χ0v) is 20.3. The number of hydrogen-bond donors (Lipinski definition) is 1. The molecular weight excluding hydrogens is 458 g/mol. The van der Waals surface area contributed by atoms with Crippen molar-refractivity contribution >= 4 is 33.0 Å². The number of piperazine rings is 1. The van der Waals surface area contributed by atoms with Crippen LogP contribution in [-0.4, -0.2) is 57.4 Å². The molecule has 1 amide bonds. The van der Waals surface area contributed by atoms with E-state index in [1.807, 2.05) is 43.3 Å². The van der Waals surface area contributed by atoms with Crippen molar-refractivity contribution in [3.8, 4) is 5.75 Å². The van der Waals surface area contributed by atoms with Crippen molar-refractivity contribution < 1.29 is 17.9 Å². The molecule has 0 aliphatic carbocycles. The number of anilines is 1. The first-order valence-corrected chi connectivity index (χ1v) is 13.0. The van der Waals surface area contributed by atoms with Crippen molar-refractivity contribution in [2.45, 2.75) is 18.4 Å². The van der Waals surface area contributed by atoms with E-state index >= 15 is 0 Å². The van der Waals surface area contributed by atoms with Gasteiger partial charge in [0.25, 0.3) is 15.9 Å². The van der Waals surface area contributed by atoms with E-state index in [0.29, 0.717) is 18.8 Å². The first-order valence-electron chi connectivity index (χ1n) is 10.7. The molecule has 4 rings (SSSR count). The zero-order valence-electron chi connectivity index (χ0n) is 18.7. The summed E-state index contributed by atoms with van der Waals surface area (Å²) in [5.74, 6) is 0.589. The van der Waals surface area contributed by atoms with Crippen molar-refractivity contribution in [3.63, 3.8) is 0 Å². The summed E-state index contributed by atoms with van der Waals surface area (Å²) >= 11 is 1.16. The van der Waals surface area contributed by atoms with Crippen LogP contribution in [-0.2, 0) is 16.6 Å². The van der Waals surface area contributed by atoms with E-state index in [1.54, 1.807) is 29.5 Å². The molecule has 1 aliphatic heterocycles. The number of aryl methyl sites for hydroxylation is 1. The molecule has 1 fully saturated rings. The van der Waals surface area contributed by atoms with Gasteiger partial charge in [0.2, 0.25) is 0 Å². The molecule has 1 aliphatic rings. The largest absolute Gasteiger partial charge is 0.497 e. The summed E-state index contributed by atoms with van der Waals surface area (Å²) in [4.78, 5) is 17.5. The fourth-order valence-electron chi connectivity index (χ4n) is 3.74. The van der Waals surface area contributed by atoms with Gasteiger partial charge in [0.05, 0.1) is 7.11 Å². The van der Waals surface area contributed by atoms with Gasteiger partial charge in [-0.3, -0.25) is 14.4 Å². The molecule has 0 saturated carbocycles. The van der Waals surface area contributed by atoms with Crippen LogP contribution in [0.25, 0.3) is 0 Å². The number of ether oxygens (including phenoxy) is 1. The minimum absolute atomic E-state index is 0.0266. The molecule has 0 radical (unpaired) electrons. The fraction of sp³-hybridized carbons (Fsp3) is 0.292. The number of sulfonamides is 1. The molecule has 2 aromatic carbocycles. The minimum atomic E-state index is -3.86. The van der Waals surface area contributed by atoms with Gasteiger partial charge < -0.3 is 9.64 Å². The Bertz CT molecular complexity index is 1200. The van der Waals surface area contributed by atoms with Crippen LogP contribution in [0.2, 0.25) is 0 Å². The Kier molecular flexibility index (Phi) is 7.02. The second kappa shape index (κ2) is 9.94. The molecule has 0 unspecified atom stereocenters. The number of carbonyl (C=O) groups is 1. The summed E-state index contributed by atoms with van der Waals surface area (Å²) in [6, 6.07) is 16.6. The highest BCUT2D eigenvalue weighted by Gasteiger charge is 2.29. The molecule has 0 atom stereocenters.